The molecule has 1 aliphatic carbocycles. The maximum absolute atomic E-state index is 11.2. The second-order valence-corrected chi connectivity index (χ2v) is 6.45. The first-order valence-corrected chi connectivity index (χ1v) is 8.04. The molecule has 1 heterocycles. The predicted octanol–water partition coefficient (Wildman–Crippen LogP) is 2.69. The highest BCUT2D eigenvalue weighted by atomic mass is 16.5. The van der Waals surface area contributed by atoms with E-state index in [1.165, 1.54) is 19.8 Å². The van der Waals surface area contributed by atoms with Gasteiger partial charge in [-0.25, -0.2) is 0 Å². The molecule has 0 radical (unpaired) electrons. The van der Waals surface area contributed by atoms with Crippen molar-refractivity contribution in [3.63, 3.8) is 0 Å². The molecular formula is C17H25N3O2. The third kappa shape index (κ3) is 3.35. The van der Waals surface area contributed by atoms with E-state index in [-0.39, 0.29) is 5.91 Å². The van der Waals surface area contributed by atoms with Crippen LogP contribution >= 0.6 is 0 Å². The molecule has 1 aromatic carbocycles. The molecule has 0 spiro atoms. The summed E-state index contributed by atoms with van der Waals surface area (Å²) in [5.74, 6) is 0.747. The van der Waals surface area contributed by atoms with Crippen molar-refractivity contribution in [3.05, 3.63) is 18.2 Å². The third-order valence-electron chi connectivity index (χ3n) is 4.52. The van der Waals surface area contributed by atoms with Crippen LogP contribution < -0.4 is 15.4 Å². The Hall–Kier alpha value is -1.75. The molecule has 2 aliphatic rings. The number of benzene rings is 1. The molecule has 0 aromatic heterocycles. The Morgan fingerprint density at radius 2 is 2.14 bits per heavy atom. The van der Waals surface area contributed by atoms with Crippen molar-refractivity contribution in [1.82, 2.24) is 4.90 Å². The van der Waals surface area contributed by atoms with E-state index in [2.05, 4.69) is 22.5 Å². The molecule has 1 saturated heterocycles. The summed E-state index contributed by atoms with van der Waals surface area (Å²) in [6, 6.07) is 7.56. The first kappa shape index (κ1) is 15.2. The number of carbonyl (C=O) groups is 1. The fourth-order valence-electron chi connectivity index (χ4n) is 3.40. The van der Waals surface area contributed by atoms with E-state index in [1.54, 1.807) is 7.11 Å². The largest absolute Gasteiger partial charge is 0.495 e. The summed E-state index contributed by atoms with van der Waals surface area (Å²) >= 11 is 0. The van der Waals surface area contributed by atoms with E-state index < -0.39 is 0 Å². The van der Waals surface area contributed by atoms with Crippen molar-refractivity contribution in [3.8, 4) is 5.75 Å². The summed E-state index contributed by atoms with van der Waals surface area (Å²) in [4.78, 5) is 13.8. The standard InChI is InChI=1S/C17H25N3O2/c1-11-8-14(10-20(11)15-5-6-15)19-16-9-13(18-12(2)21)4-7-17(16)22-3/h4,7,9,11,14-15,19H,5-6,8,10H2,1-3H3,(H,18,21). The quantitative estimate of drug-likeness (QED) is 0.878. The minimum atomic E-state index is -0.0643. The van der Waals surface area contributed by atoms with Gasteiger partial charge in [0.05, 0.1) is 12.8 Å². The summed E-state index contributed by atoms with van der Waals surface area (Å²) in [5, 5.41) is 6.42. The van der Waals surface area contributed by atoms with Crippen molar-refractivity contribution in [2.24, 2.45) is 0 Å². The molecule has 0 bridgehead atoms. The van der Waals surface area contributed by atoms with Crippen molar-refractivity contribution >= 4 is 17.3 Å². The van der Waals surface area contributed by atoms with Gasteiger partial charge < -0.3 is 15.4 Å². The molecule has 1 saturated carbocycles. The van der Waals surface area contributed by atoms with Crippen LogP contribution in [0.3, 0.4) is 0 Å². The SMILES string of the molecule is COc1ccc(NC(C)=O)cc1NC1CC(C)N(C2CC2)C1. The zero-order valence-corrected chi connectivity index (χ0v) is 13.6. The molecule has 5 nitrogen and oxygen atoms in total. The van der Waals surface area contributed by atoms with Crippen molar-refractivity contribution in [1.29, 1.82) is 0 Å². The van der Waals surface area contributed by atoms with Crippen LogP contribution in [0.15, 0.2) is 18.2 Å². The Bertz CT molecular complexity index is 557. The van der Waals surface area contributed by atoms with Gasteiger partial charge in [-0.1, -0.05) is 0 Å². The Kier molecular flexibility index (Phi) is 4.25. The lowest BCUT2D eigenvalue weighted by molar-refractivity contribution is -0.114. The highest BCUT2D eigenvalue weighted by Crippen LogP contribution is 2.35. The lowest BCUT2D eigenvalue weighted by Gasteiger charge is -2.20. The molecular weight excluding hydrogens is 278 g/mol. The summed E-state index contributed by atoms with van der Waals surface area (Å²) < 4.78 is 5.44. The number of amides is 1. The van der Waals surface area contributed by atoms with Gasteiger partial charge in [-0.3, -0.25) is 9.69 Å². The zero-order chi connectivity index (χ0) is 15.7. The average Bonchev–Trinajstić information content (AvgIpc) is 3.23. The van der Waals surface area contributed by atoms with Crippen LogP contribution in [-0.2, 0) is 4.79 Å². The van der Waals surface area contributed by atoms with Gasteiger partial charge in [0.1, 0.15) is 5.75 Å². The second-order valence-electron chi connectivity index (χ2n) is 6.45. The summed E-state index contributed by atoms with van der Waals surface area (Å²) in [7, 11) is 1.67. The highest BCUT2D eigenvalue weighted by molar-refractivity contribution is 5.89. The molecule has 2 atom stereocenters. The number of likely N-dealkylation sites (tertiary alicyclic amines) is 1. The summed E-state index contributed by atoms with van der Waals surface area (Å²) in [5.41, 5.74) is 1.74. The zero-order valence-electron chi connectivity index (χ0n) is 13.6. The van der Waals surface area contributed by atoms with Crippen LogP contribution in [0.2, 0.25) is 0 Å². The van der Waals surface area contributed by atoms with Crippen LogP contribution in [0, 0.1) is 0 Å². The Labute approximate surface area is 132 Å². The van der Waals surface area contributed by atoms with Crippen molar-refractivity contribution in [2.45, 2.75) is 51.2 Å². The Balaban J connectivity index is 1.71. The predicted molar refractivity (Wildman–Crippen MR) is 88.5 cm³/mol. The number of nitrogens with zero attached hydrogens (tertiary/aromatic N) is 1. The van der Waals surface area contributed by atoms with Crippen LogP contribution in [0.25, 0.3) is 0 Å². The smallest absolute Gasteiger partial charge is 0.221 e. The number of rotatable bonds is 5. The van der Waals surface area contributed by atoms with Gasteiger partial charge in [0, 0.05) is 37.3 Å². The molecule has 1 aliphatic heterocycles. The van der Waals surface area contributed by atoms with Crippen LogP contribution in [0.4, 0.5) is 11.4 Å². The van der Waals surface area contributed by atoms with Gasteiger partial charge in [-0.05, 0) is 44.4 Å². The molecule has 5 heteroatoms. The van der Waals surface area contributed by atoms with E-state index >= 15 is 0 Å². The minimum absolute atomic E-state index is 0.0643. The molecule has 3 rings (SSSR count). The van der Waals surface area contributed by atoms with E-state index in [1.807, 2.05) is 18.2 Å². The summed E-state index contributed by atoms with van der Waals surface area (Å²) in [6.07, 6.45) is 3.83. The Morgan fingerprint density at radius 3 is 2.77 bits per heavy atom. The lowest BCUT2D eigenvalue weighted by Crippen LogP contribution is -2.31. The van der Waals surface area contributed by atoms with Gasteiger partial charge in [0.2, 0.25) is 5.91 Å². The Morgan fingerprint density at radius 1 is 1.36 bits per heavy atom. The maximum atomic E-state index is 11.2. The van der Waals surface area contributed by atoms with E-state index in [0.717, 1.165) is 36.1 Å². The maximum Gasteiger partial charge on any atom is 0.221 e. The van der Waals surface area contributed by atoms with Crippen LogP contribution in [-0.4, -0.2) is 42.6 Å². The average molecular weight is 303 g/mol. The molecule has 2 fully saturated rings. The van der Waals surface area contributed by atoms with Crippen LogP contribution in [0.1, 0.15) is 33.1 Å². The molecule has 1 amide bonds. The van der Waals surface area contributed by atoms with E-state index in [9.17, 15) is 4.79 Å². The number of ether oxygens (including phenoxy) is 1. The van der Waals surface area contributed by atoms with Gasteiger partial charge in [-0.2, -0.15) is 0 Å². The number of hydrogen-bond acceptors (Lipinski definition) is 4. The summed E-state index contributed by atoms with van der Waals surface area (Å²) in [6.45, 7) is 4.91. The number of hydrogen-bond donors (Lipinski definition) is 2. The monoisotopic (exact) mass is 303 g/mol. The lowest BCUT2D eigenvalue weighted by atomic mass is 10.1. The first-order chi connectivity index (χ1) is 10.6. The first-order valence-electron chi connectivity index (χ1n) is 8.04. The molecule has 2 N–H and O–H groups in total. The van der Waals surface area contributed by atoms with Gasteiger partial charge >= 0.3 is 0 Å². The number of nitrogens with one attached hydrogen (secondary N) is 2. The van der Waals surface area contributed by atoms with Crippen molar-refractivity contribution in [2.75, 3.05) is 24.3 Å². The van der Waals surface area contributed by atoms with Gasteiger partial charge in [0.25, 0.3) is 0 Å². The van der Waals surface area contributed by atoms with Crippen LogP contribution in [0.5, 0.6) is 5.75 Å². The molecule has 120 valence electrons. The molecule has 2 unspecified atom stereocenters. The van der Waals surface area contributed by atoms with Gasteiger partial charge in [-0.15, -0.1) is 0 Å². The third-order valence-corrected chi connectivity index (χ3v) is 4.52. The minimum Gasteiger partial charge on any atom is -0.495 e. The fraction of sp³-hybridized carbons (Fsp3) is 0.588. The normalized spacial score (nSPS) is 25.0. The fourth-order valence-corrected chi connectivity index (χ4v) is 3.40. The molecule has 22 heavy (non-hydrogen) atoms. The van der Waals surface area contributed by atoms with Gasteiger partial charge in [0.15, 0.2) is 0 Å². The van der Waals surface area contributed by atoms with E-state index in [0.29, 0.717) is 12.1 Å². The second kappa shape index (κ2) is 6.16. The van der Waals surface area contributed by atoms with Crippen molar-refractivity contribution < 1.29 is 9.53 Å². The number of carbonyl (C=O) groups excluding carboxylic acids is 1. The van der Waals surface area contributed by atoms with E-state index in [4.69, 9.17) is 4.74 Å². The highest BCUT2D eigenvalue weighted by Gasteiger charge is 2.38. The number of methoxy groups -OCH3 is 1. The molecule has 1 aromatic rings. The topological polar surface area (TPSA) is 53.6 Å². The number of anilines is 2.